The van der Waals surface area contributed by atoms with E-state index in [9.17, 15) is 14.0 Å². The molecule has 0 fully saturated rings. The summed E-state index contributed by atoms with van der Waals surface area (Å²) in [5.74, 6) is -2.41. The zero-order valence-corrected chi connectivity index (χ0v) is 12.0. The molecule has 3 N–H and O–H groups in total. The Labute approximate surface area is 124 Å². The largest absolute Gasteiger partial charge is 0.477 e. The van der Waals surface area contributed by atoms with Gasteiger partial charge in [-0.25, -0.2) is 9.18 Å². The van der Waals surface area contributed by atoms with E-state index in [1.807, 2.05) is 0 Å². The van der Waals surface area contributed by atoms with Crippen molar-refractivity contribution in [1.82, 2.24) is 4.98 Å². The summed E-state index contributed by atoms with van der Waals surface area (Å²) in [4.78, 5) is 25.9. The van der Waals surface area contributed by atoms with Crippen molar-refractivity contribution < 1.29 is 19.1 Å². The molecule has 2 aromatic rings. The summed E-state index contributed by atoms with van der Waals surface area (Å²) in [6, 6.07) is 3.86. The molecule has 1 heterocycles. The number of carbonyl (C=O) groups is 2. The van der Waals surface area contributed by atoms with Gasteiger partial charge < -0.3 is 15.4 Å². The first-order chi connectivity index (χ1) is 9.81. The lowest BCUT2D eigenvalue weighted by Gasteiger charge is -2.07. The van der Waals surface area contributed by atoms with Gasteiger partial charge in [0.15, 0.2) is 0 Å². The molecule has 0 atom stereocenters. The monoisotopic (exact) mass is 310 g/mol. The molecule has 7 heteroatoms. The van der Waals surface area contributed by atoms with E-state index < -0.39 is 17.7 Å². The van der Waals surface area contributed by atoms with Gasteiger partial charge in [0.25, 0.3) is 5.91 Å². The third-order valence-corrected chi connectivity index (χ3v) is 3.29. The Morgan fingerprint density at radius 1 is 1.33 bits per heavy atom. The molecule has 0 unspecified atom stereocenters. The van der Waals surface area contributed by atoms with Gasteiger partial charge in [-0.3, -0.25) is 4.79 Å². The Hall–Kier alpha value is -2.34. The topological polar surface area (TPSA) is 82.2 Å². The minimum atomic E-state index is -1.16. The first-order valence-corrected chi connectivity index (χ1v) is 6.38. The van der Waals surface area contributed by atoms with E-state index >= 15 is 0 Å². The second kappa shape index (κ2) is 5.57. The minimum absolute atomic E-state index is 0.0266. The van der Waals surface area contributed by atoms with Crippen LogP contribution in [0.4, 0.5) is 10.1 Å². The Bertz CT molecular complexity index is 740. The van der Waals surface area contributed by atoms with Crippen molar-refractivity contribution in [2.75, 3.05) is 5.32 Å². The van der Waals surface area contributed by atoms with Crippen molar-refractivity contribution in [2.45, 2.75) is 13.8 Å². The maximum absolute atomic E-state index is 13.7. The van der Waals surface area contributed by atoms with Crippen LogP contribution in [-0.2, 0) is 0 Å². The van der Waals surface area contributed by atoms with Crippen molar-refractivity contribution in [3.63, 3.8) is 0 Å². The van der Waals surface area contributed by atoms with Crippen molar-refractivity contribution in [3.05, 3.63) is 51.6 Å². The number of H-pyrrole nitrogens is 1. The summed E-state index contributed by atoms with van der Waals surface area (Å²) in [6.07, 6.45) is 0. The summed E-state index contributed by atoms with van der Waals surface area (Å²) in [7, 11) is 0. The Kier molecular flexibility index (Phi) is 3.99. The van der Waals surface area contributed by atoms with Gasteiger partial charge in [-0.1, -0.05) is 11.6 Å². The maximum atomic E-state index is 13.7. The third kappa shape index (κ3) is 2.90. The second-order valence-electron chi connectivity index (χ2n) is 4.51. The zero-order chi connectivity index (χ0) is 15.7. The lowest BCUT2D eigenvalue weighted by atomic mass is 10.1. The number of aromatic nitrogens is 1. The van der Waals surface area contributed by atoms with Crippen molar-refractivity contribution in [3.8, 4) is 0 Å². The highest BCUT2D eigenvalue weighted by atomic mass is 35.5. The van der Waals surface area contributed by atoms with Crippen LogP contribution in [0.25, 0.3) is 0 Å². The molecule has 0 aliphatic rings. The average molecular weight is 311 g/mol. The Morgan fingerprint density at radius 3 is 2.52 bits per heavy atom. The quantitative estimate of drug-likeness (QED) is 0.813. The van der Waals surface area contributed by atoms with E-state index in [0.29, 0.717) is 11.3 Å². The number of halogens is 2. The van der Waals surface area contributed by atoms with Gasteiger partial charge in [0, 0.05) is 10.7 Å². The third-order valence-electron chi connectivity index (χ3n) is 3.06. The first-order valence-electron chi connectivity index (χ1n) is 6.00. The number of carbonyl (C=O) groups excluding carboxylic acids is 1. The number of anilines is 1. The van der Waals surface area contributed by atoms with Crippen LogP contribution in [0.2, 0.25) is 5.02 Å². The number of aromatic carboxylic acids is 1. The van der Waals surface area contributed by atoms with Gasteiger partial charge in [-0.05, 0) is 37.6 Å². The molecule has 0 saturated carbocycles. The highest BCUT2D eigenvalue weighted by Gasteiger charge is 2.22. The number of carboxylic acids is 1. The normalized spacial score (nSPS) is 10.5. The van der Waals surface area contributed by atoms with Gasteiger partial charge in [0.1, 0.15) is 11.5 Å². The fraction of sp³-hybridized carbons (Fsp3) is 0.143. The SMILES string of the molecule is Cc1[nH]c(C(=O)O)c(C)c1C(=O)Nc1ccc(Cl)cc1F. The molecule has 0 aliphatic carbocycles. The summed E-state index contributed by atoms with van der Waals surface area (Å²) in [5.41, 5.74) is 0.792. The van der Waals surface area contributed by atoms with E-state index in [1.54, 1.807) is 6.92 Å². The van der Waals surface area contributed by atoms with Gasteiger partial charge in [-0.2, -0.15) is 0 Å². The molecule has 0 saturated heterocycles. The molecule has 0 bridgehead atoms. The number of hydrogen-bond acceptors (Lipinski definition) is 2. The number of aryl methyl sites for hydroxylation is 1. The van der Waals surface area contributed by atoms with Crippen LogP contribution in [0.5, 0.6) is 0 Å². The number of hydrogen-bond donors (Lipinski definition) is 3. The lowest BCUT2D eigenvalue weighted by Crippen LogP contribution is -2.15. The molecular weight excluding hydrogens is 299 g/mol. The molecular formula is C14H12ClFN2O3. The number of aromatic amines is 1. The average Bonchev–Trinajstić information content (AvgIpc) is 2.68. The number of nitrogens with one attached hydrogen (secondary N) is 2. The zero-order valence-electron chi connectivity index (χ0n) is 11.3. The number of amides is 1. The van der Waals surface area contributed by atoms with Crippen LogP contribution in [0.15, 0.2) is 18.2 Å². The minimum Gasteiger partial charge on any atom is -0.477 e. The molecule has 1 amide bonds. The number of rotatable bonds is 3. The predicted molar refractivity (Wildman–Crippen MR) is 76.6 cm³/mol. The van der Waals surface area contributed by atoms with Crippen LogP contribution in [0, 0.1) is 19.7 Å². The van der Waals surface area contributed by atoms with Crippen LogP contribution in [0.1, 0.15) is 32.1 Å². The van der Waals surface area contributed by atoms with E-state index in [2.05, 4.69) is 10.3 Å². The Morgan fingerprint density at radius 2 is 2.00 bits per heavy atom. The van der Waals surface area contributed by atoms with E-state index in [4.69, 9.17) is 16.7 Å². The molecule has 0 spiro atoms. The summed E-state index contributed by atoms with van der Waals surface area (Å²) >= 11 is 5.64. The van der Waals surface area contributed by atoms with Crippen molar-refractivity contribution >= 4 is 29.2 Å². The molecule has 0 aliphatic heterocycles. The Balaban J connectivity index is 2.35. The van der Waals surface area contributed by atoms with E-state index in [1.165, 1.54) is 19.1 Å². The summed E-state index contributed by atoms with van der Waals surface area (Å²) < 4.78 is 13.7. The predicted octanol–water partition coefficient (Wildman–Crippen LogP) is 3.37. The van der Waals surface area contributed by atoms with Crippen LogP contribution in [-0.4, -0.2) is 22.0 Å². The highest BCUT2D eigenvalue weighted by molar-refractivity contribution is 6.30. The molecule has 2 rings (SSSR count). The standard InChI is InChI=1S/C14H12ClFN2O3/c1-6-11(7(2)17-12(6)14(20)21)13(19)18-10-4-3-8(15)5-9(10)16/h3-5,17H,1-2H3,(H,18,19)(H,20,21). The van der Waals surface area contributed by atoms with Crippen LogP contribution in [0.3, 0.4) is 0 Å². The summed E-state index contributed by atoms with van der Waals surface area (Å²) in [5, 5.41) is 11.6. The molecule has 1 aromatic heterocycles. The smallest absolute Gasteiger partial charge is 0.352 e. The maximum Gasteiger partial charge on any atom is 0.352 e. The van der Waals surface area contributed by atoms with Gasteiger partial charge in [-0.15, -0.1) is 0 Å². The van der Waals surface area contributed by atoms with E-state index in [0.717, 1.165) is 6.07 Å². The first kappa shape index (κ1) is 15.1. The second-order valence-corrected chi connectivity index (χ2v) is 4.94. The van der Waals surface area contributed by atoms with Crippen molar-refractivity contribution in [2.24, 2.45) is 0 Å². The lowest BCUT2D eigenvalue weighted by molar-refractivity contribution is 0.0690. The molecule has 21 heavy (non-hydrogen) atoms. The van der Waals surface area contributed by atoms with Crippen LogP contribution >= 0.6 is 11.6 Å². The van der Waals surface area contributed by atoms with Crippen molar-refractivity contribution in [1.29, 1.82) is 0 Å². The molecule has 0 radical (unpaired) electrons. The molecule has 110 valence electrons. The van der Waals surface area contributed by atoms with Gasteiger partial charge in [0.2, 0.25) is 0 Å². The molecule has 1 aromatic carbocycles. The summed E-state index contributed by atoms with van der Waals surface area (Å²) in [6.45, 7) is 3.09. The van der Waals surface area contributed by atoms with E-state index in [-0.39, 0.29) is 22.0 Å². The fourth-order valence-corrected chi connectivity index (χ4v) is 2.24. The number of benzene rings is 1. The van der Waals surface area contributed by atoms with Crippen LogP contribution < -0.4 is 5.32 Å². The van der Waals surface area contributed by atoms with Gasteiger partial charge >= 0.3 is 5.97 Å². The fourth-order valence-electron chi connectivity index (χ4n) is 2.08. The van der Waals surface area contributed by atoms with Gasteiger partial charge in [0.05, 0.1) is 11.3 Å². The molecule has 5 nitrogen and oxygen atoms in total. The highest BCUT2D eigenvalue weighted by Crippen LogP contribution is 2.22. The number of carboxylic acid groups (broad SMARTS) is 1.